The van der Waals surface area contributed by atoms with Crippen molar-refractivity contribution in [2.75, 3.05) is 6.54 Å². The van der Waals surface area contributed by atoms with Crippen molar-refractivity contribution >= 4 is 32.7 Å². The molecule has 0 atom stereocenters. The van der Waals surface area contributed by atoms with Crippen molar-refractivity contribution in [1.82, 2.24) is 10.3 Å². The number of benzene rings is 1. The molecule has 0 fully saturated rings. The van der Waals surface area contributed by atoms with E-state index in [4.69, 9.17) is 6.42 Å². The topological polar surface area (TPSA) is 44.9 Å². The number of carbonyl (C=O) groups excluding carboxylic acids is 1. The molecule has 0 aliphatic rings. The third-order valence-electron chi connectivity index (χ3n) is 2.81. The Kier molecular flexibility index (Phi) is 3.73. The van der Waals surface area contributed by atoms with Crippen LogP contribution in [0.1, 0.15) is 11.3 Å². The maximum atomic E-state index is 11.7. The molecule has 1 aromatic carbocycles. The average molecular weight is 305 g/mol. The first-order chi connectivity index (χ1) is 8.61. The van der Waals surface area contributed by atoms with Gasteiger partial charge in [0.1, 0.15) is 0 Å². The Morgan fingerprint density at radius 1 is 1.56 bits per heavy atom. The summed E-state index contributed by atoms with van der Waals surface area (Å²) >= 11 is 3.44. The third kappa shape index (κ3) is 2.57. The first kappa shape index (κ1) is 12.7. The minimum Gasteiger partial charge on any atom is -0.358 e. The van der Waals surface area contributed by atoms with Crippen LogP contribution in [0.3, 0.4) is 0 Å². The molecular weight excluding hydrogens is 292 g/mol. The number of rotatable bonds is 3. The van der Waals surface area contributed by atoms with Crippen LogP contribution < -0.4 is 5.32 Å². The highest BCUT2D eigenvalue weighted by molar-refractivity contribution is 9.10. The number of aromatic amines is 1. The number of fused-ring (bicyclic) bond motifs is 1. The number of hydrogen-bond acceptors (Lipinski definition) is 1. The van der Waals surface area contributed by atoms with E-state index in [9.17, 15) is 4.79 Å². The van der Waals surface area contributed by atoms with Crippen LogP contribution >= 0.6 is 15.9 Å². The second-order valence-corrected chi connectivity index (χ2v) is 4.99. The van der Waals surface area contributed by atoms with Crippen molar-refractivity contribution in [2.45, 2.75) is 13.3 Å². The van der Waals surface area contributed by atoms with E-state index < -0.39 is 0 Å². The number of carbonyl (C=O) groups is 1. The molecule has 0 radical (unpaired) electrons. The number of amides is 1. The van der Waals surface area contributed by atoms with Gasteiger partial charge in [-0.15, -0.1) is 6.42 Å². The number of hydrogen-bond donors (Lipinski definition) is 2. The lowest BCUT2D eigenvalue weighted by molar-refractivity contribution is -0.120. The molecule has 0 aliphatic carbocycles. The zero-order valence-corrected chi connectivity index (χ0v) is 11.6. The molecule has 4 heteroatoms. The third-order valence-corrected chi connectivity index (χ3v) is 3.30. The van der Waals surface area contributed by atoms with Gasteiger partial charge in [0.05, 0.1) is 13.0 Å². The molecule has 0 bridgehead atoms. The number of aromatic nitrogens is 1. The smallest absolute Gasteiger partial charge is 0.225 e. The summed E-state index contributed by atoms with van der Waals surface area (Å²) in [7, 11) is 0. The zero-order chi connectivity index (χ0) is 13.1. The highest BCUT2D eigenvalue weighted by atomic mass is 79.9. The van der Waals surface area contributed by atoms with E-state index in [0.29, 0.717) is 6.42 Å². The Hall–Kier alpha value is -1.73. The van der Waals surface area contributed by atoms with Gasteiger partial charge in [0, 0.05) is 21.1 Å². The maximum absolute atomic E-state index is 11.7. The second-order valence-electron chi connectivity index (χ2n) is 4.08. The molecule has 92 valence electrons. The molecule has 1 amide bonds. The van der Waals surface area contributed by atoms with Crippen molar-refractivity contribution in [3.63, 3.8) is 0 Å². The zero-order valence-electron chi connectivity index (χ0n) is 10.0. The van der Waals surface area contributed by atoms with Gasteiger partial charge in [0.25, 0.3) is 0 Å². The first-order valence-corrected chi connectivity index (χ1v) is 6.38. The largest absolute Gasteiger partial charge is 0.358 e. The normalized spacial score (nSPS) is 10.3. The highest BCUT2D eigenvalue weighted by Gasteiger charge is 2.12. The lowest BCUT2D eigenvalue weighted by atomic mass is 10.1. The van der Waals surface area contributed by atoms with Gasteiger partial charge in [-0.2, -0.15) is 0 Å². The van der Waals surface area contributed by atoms with Gasteiger partial charge in [0.2, 0.25) is 5.91 Å². The maximum Gasteiger partial charge on any atom is 0.225 e. The van der Waals surface area contributed by atoms with Gasteiger partial charge in [-0.1, -0.05) is 21.9 Å². The molecule has 2 N–H and O–H groups in total. The standard InChI is InChI=1S/C14H13BrN2O/c1-3-6-16-14(18)8-11-9(2)17-13-5-4-10(15)7-12(11)13/h1,4-5,7,17H,6,8H2,2H3,(H,16,18). The van der Waals surface area contributed by atoms with Crippen molar-refractivity contribution in [3.05, 3.63) is 33.9 Å². The van der Waals surface area contributed by atoms with Gasteiger partial charge in [0.15, 0.2) is 0 Å². The summed E-state index contributed by atoms with van der Waals surface area (Å²) in [5.74, 6) is 2.33. The Bertz CT molecular complexity index is 637. The van der Waals surface area contributed by atoms with Gasteiger partial charge in [-0.05, 0) is 30.7 Å². The molecule has 1 aromatic heterocycles. The highest BCUT2D eigenvalue weighted by Crippen LogP contribution is 2.25. The van der Waals surface area contributed by atoms with Crippen LogP contribution in [0.2, 0.25) is 0 Å². The van der Waals surface area contributed by atoms with Crippen molar-refractivity contribution in [2.24, 2.45) is 0 Å². The fourth-order valence-electron chi connectivity index (χ4n) is 1.96. The fraction of sp³-hybridized carbons (Fsp3) is 0.214. The van der Waals surface area contributed by atoms with Crippen molar-refractivity contribution in [3.8, 4) is 12.3 Å². The molecule has 0 spiro atoms. The Labute approximate surface area is 114 Å². The molecule has 2 rings (SSSR count). The van der Waals surface area contributed by atoms with Crippen LogP contribution in [0.4, 0.5) is 0 Å². The van der Waals surface area contributed by atoms with E-state index in [-0.39, 0.29) is 12.5 Å². The van der Waals surface area contributed by atoms with E-state index in [1.165, 1.54) is 0 Å². The van der Waals surface area contributed by atoms with E-state index in [2.05, 4.69) is 32.2 Å². The van der Waals surface area contributed by atoms with Gasteiger partial charge in [-0.25, -0.2) is 0 Å². The Morgan fingerprint density at radius 2 is 2.33 bits per heavy atom. The molecule has 0 aliphatic heterocycles. The lowest BCUT2D eigenvalue weighted by Crippen LogP contribution is -2.25. The van der Waals surface area contributed by atoms with Crippen molar-refractivity contribution < 1.29 is 4.79 Å². The summed E-state index contributed by atoms with van der Waals surface area (Å²) in [6, 6.07) is 5.98. The molecule has 2 aromatic rings. The molecular formula is C14H13BrN2O. The summed E-state index contributed by atoms with van der Waals surface area (Å²) in [5, 5.41) is 3.74. The molecule has 18 heavy (non-hydrogen) atoms. The van der Waals surface area contributed by atoms with Gasteiger partial charge < -0.3 is 10.3 Å². The van der Waals surface area contributed by atoms with E-state index in [1.54, 1.807) is 0 Å². The van der Waals surface area contributed by atoms with Gasteiger partial charge >= 0.3 is 0 Å². The summed E-state index contributed by atoms with van der Waals surface area (Å²) in [4.78, 5) is 15.0. The summed E-state index contributed by atoms with van der Waals surface area (Å²) < 4.78 is 0.999. The number of terminal acetylenes is 1. The molecule has 0 saturated heterocycles. The van der Waals surface area contributed by atoms with Crippen molar-refractivity contribution in [1.29, 1.82) is 0 Å². The predicted molar refractivity (Wildman–Crippen MR) is 76.3 cm³/mol. The van der Waals surface area contributed by atoms with Gasteiger partial charge in [-0.3, -0.25) is 4.79 Å². The molecule has 3 nitrogen and oxygen atoms in total. The van der Waals surface area contributed by atoms with Crippen LogP contribution in [-0.4, -0.2) is 17.4 Å². The minimum atomic E-state index is -0.0584. The minimum absolute atomic E-state index is 0.0584. The van der Waals surface area contributed by atoms with Crippen LogP contribution in [0.5, 0.6) is 0 Å². The number of H-pyrrole nitrogens is 1. The van der Waals surface area contributed by atoms with Crippen LogP contribution in [0, 0.1) is 19.3 Å². The predicted octanol–water partition coefficient (Wildman–Crippen LogP) is 2.53. The average Bonchev–Trinajstić information content (AvgIpc) is 2.63. The number of nitrogens with one attached hydrogen (secondary N) is 2. The SMILES string of the molecule is C#CCNC(=O)Cc1c(C)[nH]c2ccc(Br)cc12. The molecule has 0 saturated carbocycles. The van der Waals surface area contributed by atoms with E-state index >= 15 is 0 Å². The Morgan fingerprint density at radius 3 is 3.06 bits per heavy atom. The number of halogens is 1. The quantitative estimate of drug-likeness (QED) is 0.841. The summed E-state index contributed by atoms with van der Waals surface area (Å²) in [6.45, 7) is 2.24. The Balaban J connectivity index is 2.32. The van der Waals surface area contributed by atoms with E-state index in [1.807, 2.05) is 25.1 Å². The summed E-state index contributed by atoms with van der Waals surface area (Å²) in [5.41, 5.74) is 3.07. The monoisotopic (exact) mass is 304 g/mol. The summed E-state index contributed by atoms with van der Waals surface area (Å²) in [6.07, 6.45) is 5.45. The molecule has 0 unspecified atom stereocenters. The van der Waals surface area contributed by atoms with Crippen LogP contribution in [-0.2, 0) is 11.2 Å². The fourth-order valence-corrected chi connectivity index (χ4v) is 2.32. The van der Waals surface area contributed by atoms with E-state index in [0.717, 1.165) is 26.6 Å². The first-order valence-electron chi connectivity index (χ1n) is 5.58. The van der Waals surface area contributed by atoms with Crippen LogP contribution in [0.15, 0.2) is 22.7 Å². The second kappa shape index (κ2) is 5.28. The molecule has 1 heterocycles. The van der Waals surface area contributed by atoms with Crippen LogP contribution in [0.25, 0.3) is 10.9 Å². The lowest BCUT2D eigenvalue weighted by Gasteiger charge is -2.02. The number of aryl methyl sites for hydroxylation is 1.